The minimum atomic E-state index is -4.44. The van der Waals surface area contributed by atoms with Crippen LogP contribution in [0.25, 0.3) is 0 Å². The highest BCUT2D eigenvalue weighted by atomic mass is 19.4. The SMILES string of the molecule is Nc1cccc(CC(=O)Nc2cccc(C(F)(F)F)c2)c1. The third-order valence-electron chi connectivity index (χ3n) is 2.79. The summed E-state index contributed by atoms with van der Waals surface area (Å²) >= 11 is 0. The molecule has 0 unspecified atom stereocenters. The summed E-state index contributed by atoms with van der Waals surface area (Å²) in [5.41, 5.74) is 6.13. The van der Waals surface area contributed by atoms with E-state index in [4.69, 9.17) is 5.73 Å². The number of halogens is 3. The van der Waals surface area contributed by atoms with Crippen LogP contribution in [-0.2, 0) is 17.4 Å². The fourth-order valence-electron chi connectivity index (χ4n) is 1.87. The summed E-state index contributed by atoms with van der Waals surface area (Å²) in [6.07, 6.45) is -4.39. The Morgan fingerprint density at radius 1 is 1.10 bits per heavy atom. The fourth-order valence-corrected chi connectivity index (χ4v) is 1.87. The van der Waals surface area contributed by atoms with Crippen LogP contribution in [0.3, 0.4) is 0 Å². The van der Waals surface area contributed by atoms with Crippen molar-refractivity contribution in [1.82, 2.24) is 0 Å². The van der Waals surface area contributed by atoms with Gasteiger partial charge in [0.05, 0.1) is 12.0 Å². The Hall–Kier alpha value is -2.50. The van der Waals surface area contributed by atoms with Crippen molar-refractivity contribution in [2.24, 2.45) is 0 Å². The standard InChI is InChI=1S/C15H13F3N2O/c16-15(17,18)11-4-2-6-13(9-11)20-14(21)8-10-3-1-5-12(19)7-10/h1-7,9H,8,19H2,(H,20,21). The van der Waals surface area contributed by atoms with Gasteiger partial charge in [-0.15, -0.1) is 0 Å². The molecule has 1 amide bonds. The summed E-state index contributed by atoms with van der Waals surface area (Å²) in [7, 11) is 0. The first-order chi connectivity index (χ1) is 9.84. The largest absolute Gasteiger partial charge is 0.416 e. The van der Waals surface area contributed by atoms with Crippen molar-refractivity contribution in [2.45, 2.75) is 12.6 Å². The maximum Gasteiger partial charge on any atom is 0.416 e. The van der Waals surface area contributed by atoms with E-state index in [1.807, 2.05) is 0 Å². The molecule has 0 aliphatic rings. The molecule has 3 nitrogen and oxygen atoms in total. The Kier molecular flexibility index (Phi) is 4.16. The van der Waals surface area contributed by atoms with Gasteiger partial charge >= 0.3 is 6.18 Å². The van der Waals surface area contributed by atoms with Crippen molar-refractivity contribution in [1.29, 1.82) is 0 Å². The number of carbonyl (C=O) groups is 1. The van der Waals surface area contributed by atoms with Crippen molar-refractivity contribution in [3.63, 3.8) is 0 Å². The van der Waals surface area contributed by atoms with Crippen molar-refractivity contribution in [2.75, 3.05) is 11.1 Å². The molecule has 2 aromatic rings. The number of carbonyl (C=O) groups excluding carboxylic acids is 1. The summed E-state index contributed by atoms with van der Waals surface area (Å²) in [4.78, 5) is 11.8. The van der Waals surface area contributed by atoms with Crippen LogP contribution < -0.4 is 11.1 Å². The smallest absolute Gasteiger partial charge is 0.399 e. The van der Waals surface area contributed by atoms with Gasteiger partial charge < -0.3 is 11.1 Å². The van der Waals surface area contributed by atoms with Gasteiger partial charge in [0.2, 0.25) is 5.91 Å². The van der Waals surface area contributed by atoms with Gasteiger partial charge in [0.25, 0.3) is 0 Å². The monoisotopic (exact) mass is 294 g/mol. The minimum absolute atomic E-state index is 0.0429. The second-order valence-electron chi connectivity index (χ2n) is 4.55. The number of hydrogen-bond donors (Lipinski definition) is 2. The van der Waals surface area contributed by atoms with E-state index < -0.39 is 17.6 Å². The molecule has 0 radical (unpaired) electrons. The Bertz CT molecular complexity index is 653. The summed E-state index contributed by atoms with van der Waals surface area (Å²) in [5.74, 6) is -0.403. The number of benzene rings is 2. The summed E-state index contributed by atoms with van der Waals surface area (Å²) < 4.78 is 37.7. The lowest BCUT2D eigenvalue weighted by Crippen LogP contribution is -2.15. The number of nitrogen functional groups attached to an aromatic ring is 1. The molecule has 0 saturated heterocycles. The lowest BCUT2D eigenvalue weighted by Gasteiger charge is -2.10. The fraction of sp³-hybridized carbons (Fsp3) is 0.133. The van der Waals surface area contributed by atoms with Crippen molar-refractivity contribution >= 4 is 17.3 Å². The average molecular weight is 294 g/mol. The van der Waals surface area contributed by atoms with Gasteiger partial charge in [-0.1, -0.05) is 18.2 Å². The van der Waals surface area contributed by atoms with E-state index >= 15 is 0 Å². The molecule has 0 fully saturated rings. The quantitative estimate of drug-likeness (QED) is 0.852. The molecule has 0 aliphatic carbocycles. The Morgan fingerprint density at radius 3 is 2.48 bits per heavy atom. The average Bonchev–Trinajstić information content (AvgIpc) is 2.37. The summed E-state index contributed by atoms with van der Waals surface area (Å²) in [5, 5.41) is 2.44. The topological polar surface area (TPSA) is 55.1 Å². The second kappa shape index (κ2) is 5.87. The van der Waals surface area contributed by atoms with Gasteiger partial charge in [-0.3, -0.25) is 4.79 Å². The zero-order valence-corrected chi connectivity index (χ0v) is 10.9. The second-order valence-corrected chi connectivity index (χ2v) is 4.55. The molecular weight excluding hydrogens is 281 g/mol. The van der Waals surface area contributed by atoms with E-state index in [9.17, 15) is 18.0 Å². The van der Waals surface area contributed by atoms with Crippen LogP contribution in [-0.4, -0.2) is 5.91 Å². The van der Waals surface area contributed by atoms with Crippen molar-refractivity contribution < 1.29 is 18.0 Å². The maximum atomic E-state index is 12.6. The minimum Gasteiger partial charge on any atom is -0.399 e. The summed E-state index contributed by atoms with van der Waals surface area (Å²) in [6.45, 7) is 0. The molecular formula is C15H13F3N2O. The van der Waals surface area contributed by atoms with E-state index in [2.05, 4.69) is 5.32 Å². The highest BCUT2D eigenvalue weighted by Crippen LogP contribution is 2.30. The predicted octanol–water partition coefficient (Wildman–Crippen LogP) is 3.47. The molecule has 0 spiro atoms. The number of rotatable bonds is 3. The van der Waals surface area contributed by atoms with Gasteiger partial charge in [0.1, 0.15) is 0 Å². The summed E-state index contributed by atoms with van der Waals surface area (Å²) in [6, 6.07) is 11.3. The molecule has 0 aliphatic heterocycles. The first kappa shape index (κ1) is 14.9. The maximum absolute atomic E-state index is 12.6. The van der Waals surface area contributed by atoms with Crippen molar-refractivity contribution in [3.05, 3.63) is 59.7 Å². The number of hydrogen-bond acceptors (Lipinski definition) is 2. The molecule has 2 aromatic carbocycles. The van der Waals surface area contributed by atoms with Crippen LogP contribution in [0.2, 0.25) is 0 Å². The van der Waals surface area contributed by atoms with Crippen LogP contribution in [0.15, 0.2) is 48.5 Å². The molecule has 6 heteroatoms. The molecule has 2 rings (SSSR count). The van der Waals surface area contributed by atoms with Gasteiger partial charge in [-0.05, 0) is 35.9 Å². The van der Waals surface area contributed by atoms with Crippen LogP contribution >= 0.6 is 0 Å². The molecule has 0 aromatic heterocycles. The lowest BCUT2D eigenvalue weighted by molar-refractivity contribution is -0.137. The van der Waals surface area contributed by atoms with E-state index in [-0.39, 0.29) is 12.1 Å². The van der Waals surface area contributed by atoms with Gasteiger partial charge in [0, 0.05) is 11.4 Å². The first-order valence-corrected chi connectivity index (χ1v) is 6.16. The molecule has 0 saturated carbocycles. The van der Waals surface area contributed by atoms with Gasteiger partial charge in [-0.25, -0.2) is 0 Å². The molecule has 0 bridgehead atoms. The van der Waals surface area contributed by atoms with Crippen LogP contribution in [0.5, 0.6) is 0 Å². The van der Waals surface area contributed by atoms with Crippen LogP contribution in [0, 0.1) is 0 Å². The van der Waals surface area contributed by atoms with E-state index in [1.165, 1.54) is 12.1 Å². The third kappa shape index (κ3) is 4.24. The normalized spacial score (nSPS) is 11.2. The lowest BCUT2D eigenvalue weighted by atomic mass is 10.1. The Balaban J connectivity index is 2.06. The molecule has 110 valence electrons. The molecule has 0 heterocycles. The van der Waals surface area contributed by atoms with Crippen LogP contribution in [0.1, 0.15) is 11.1 Å². The Labute approximate surface area is 119 Å². The Morgan fingerprint density at radius 2 is 1.81 bits per heavy atom. The first-order valence-electron chi connectivity index (χ1n) is 6.16. The highest BCUT2D eigenvalue weighted by Gasteiger charge is 2.30. The van der Waals surface area contributed by atoms with E-state index in [0.717, 1.165) is 12.1 Å². The zero-order valence-electron chi connectivity index (χ0n) is 10.9. The predicted molar refractivity (Wildman–Crippen MR) is 74.6 cm³/mol. The number of nitrogens with two attached hydrogens (primary N) is 1. The molecule has 3 N–H and O–H groups in total. The third-order valence-corrected chi connectivity index (χ3v) is 2.79. The number of alkyl halides is 3. The number of anilines is 2. The number of amides is 1. The van der Waals surface area contributed by atoms with Crippen LogP contribution in [0.4, 0.5) is 24.5 Å². The number of nitrogens with one attached hydrogen (secondary N) is 1. The molecule has 21 heavy (non-hydrogen) atoms. The van der Waals surface area contributed by atoms with Gasteiger partial charge in [0.15, 0.2) is 0 Å². The highest BCUT2D eigenvalue weighted by molar-refractivity contribution is 5.92. The van der Waals surface area contributed by atoms with E-state index in [0.29, 0.717) is 11.3 Å². The molecule has 0 atom stereocenters. The van der Waals surface area contributed by atoms with Gasteiger partial charge in [-0.2, -0.15) is 13.2 Å². The van der Waals surface area contributed by atoms with Crippen molar-refractivity contribution in [3.8, 4) is 0 Å². The zero-order chi connectivity index (χ0) is 15.5. The van der Waals surface area contributed by atoms with E-state index in [1.54, 1.807) is 24.3 Å².